The first-order chi connectivity index (χ1) is 16.7. The third-order valence-electron chi connectivity index (χ3n) is 6.54. The van der Waals surface area contributed by atoms with E-state index < -0.39 is 0 Å². The van der Waals surface area contributed by atoms with Gasteiger partial charge in [-0.15, -0.1) is 0 Å². The summed E-state index contributed by atoms with van der Waals surface area (Å²) in [6.45, 7) is 0. The van der Waals surface area contributed by atoms with Gasteiger partial charge >= 0.3 is 0 Å². The maximum absolute atomic E-state index is 6.81. The van der Waals surface area contributed by atoms with Gasteiger partial charge in [0.25, 0.3) is 0 Å². The molecule has 3 aromatic rings. The summed E-state index contributed by atoms with van der Waals surface area (Å²) >= 11 is 15.0. The Bertz CT molecular complexity index is 1390. The lowest BCUT2D eigenvalue weighted by Crippen LogP contribution is -2.35. The van der Waals surface area contributed by atoms with Crippen molar-refractivity contribution in [3.63, 3.8) is 0 Å². The quantitative estimate of drug-likeness (QED) is 0.356. The minimum atomic E-state index is 0.00704. The van der Waals surface area contributed by atoms with Gasteiger partial charge in [0.2, 0.25) is 0 Å². The largest absolute Gasteiger partial charge is 0.308 e. The summed E-state index contributed by atoms with van der Waals surface area (Å²) in [5.74, 6) is 0. The van der Waals surface area contributed by atoms with Gasteiger partial charge < -0.3 is 4.90 Å². The first-order valence-corrected chi connectivity index (χ1v) is 13.1. The lowest BCUT2D eigenvalue weighted by molar-refractivity contribution is 0.458. The van der Waals surface area contributed by atoms with Crippen LogP contribution in [0.3, 0.4) is 0 Å². The van der Waals surface area contributed by atoms with Crippen molar-refractivity contribution >= 4 is 51.9 Å². The van der Waals surface area contributed by atoms with Crippen LogP contribution in [-0.2, 0) is 0 Å². The van der Waals surface area contributed by atoms with Crippen molar-refractivity contribution in [3.05, 3.63) is 128 Å². The van der Waals surface area contributed by atoms with Gasteiger partial charge in [0.05, 0.1) is 17.4 Å². The summed E-state index contributed by atoms with van der Waals surface area (Å²) in [5, 5.41) is 4.76. The van der Waals surface area contributed by atoms with Crippen LogP contribution in [0.4, 0.5) is 0 Å². The molecule has 2 heterocycles. The number of benzene rings is 3. The van der Waals surface area contributed by atoms with Gasteiger partial charge in [-0.1, -0.05) is 102 Å². The zero-order valence-corrected chi connectivity index (χ0v) is 20.7. The van der Waals surface area contributed by atoms with Crippen molar-refractivity contribution in [2.45, 2.75) is 25.3 Å². The van der Waals surface area contributed by atoms with Crippen LogP contribution in [0.1, 0.15) is 42.0 Å². The Balaban J connectivity index is 1.53. The van der Waals surface area contributed by atoms with Crippen LogP contribution in [-0.4, -0.2) is 10.1 Å². The molecule has 1 aliphatic carbocycles. The summed E-state index contributed by atoms with van der Waals surface area (Å²) in [6, 6.07) is 26.8. The molecule has 1 atom stereocenters. The molecule has 0 fully saturated rings. The smallest absolute Gasteiger partial charge is 0.174 e. The summed E-state index contributed by atoms with van der Waals surface area (Å²) in [4.78, 5) is 7.61. The van der Waals surface area contributed by atoms with Gasteiger partial charge in [-0.2, -0.15) is 0 Å². The molecule has 0 saturated carbocycles. The highest BCUT2D eigenvalue weighted by atomic mass is 35.5. The molecule has 2 nitrogen and oxygen atoms in total. The fraction of sp³-hybridized carbons (Fsp3) is 0.138. The zero-order chi connectivity index (χ0) is 23.1. The molecule has 1 unspecified atom stereocenters. The van der Waals surface area contributed by atoms with Gasteiger partial charge in [0.15, 0.2) is 5.17 Å². The van der Waals surface area contributed by atoms with Gasteiger partial charge in [-0.25, -0.2) is 4.99 Å². The highest BCUT2D eigenvalue weighted by Gasteiger charge is 2.40. The van der Waals surface area contributed by atoms with E-state index in [1.165, 1.54) is 22.4 Å². The van der Waals surface area contributed by atoms with Crippen LogP contribution in [0, 0.1) is 0 Å². The van der Waals surface area contributed by atoms with E-state index in [9.17, 15) is 0 Å². The Morgan fingerprint density at radius 3 is 2.38 bits per heavy atom. The van der Waals surface area contributed by atoms with Crippen LogP contribution < -0.4 is 0 Å². The predicted molar refractivity (Wildman–Crippen MR) is 146 cm³/mol. The maximum atomic E-state index is 6.81. The van der Waals surface area contributed by atoms with Crippen molar-refractivity contribution in [3.8, 4) is 0 Å². The Morgan fingerprint density at radius 2 is 1.59 bits per heavy atom. The summed E-state index contributed by atoms with van der Waals surface area (Å²) in [7, 11) is 0. The highest BCUT2D eigenvalue weighted by Crippen LogP contribution is 2.52. The Labute approximate surface area is 214 Å². The minimum Gasteiger partial charge on any atom is -0.308 e. The normalized spacial score (nSPS) is 20.7. The van der Waals surface area contributed by atoms with E-state index in [0.717, 1.165) is 51.3 Å². The van der Waals surface area contributed by atoms with E-state index >= 15 is 0 Å². The summed E-state index contributed by atoms with van der Waals surface area (Å²) in [6.07, 6.45) is 5.27. The zero-order valence-electron chi connectivity index (χ0n) is 18.4. The number of allylic oxidation sites excluding steroid dienone is 1. The third-order valence-corrected chi connectivity index (χ3v) is 8.07. The third kappa shape index (κ3) is 3.82. The molecule has 0 amide bonds. The molecule has 0 aromatic heterocycles. The van der Waals surface area contributed by atoms with E-state index in [1.54, 1.807) is 11.8 Å². The van der Waals surface area contributed by atoms with Crippen molar-refractivity contribution in [1.82, 2.24) is 4.90 Å². The molecule has 0 spiro atoms. The van der Waals surface area contributed by atoms with Crippen LogP contribution in [0.2, 0.25) is 10.0 Å². The number of aliphatic imine (C=N–C) groups is 1. The molecule has 0 N–H and O–H groups in total. The summed E-state index contributed by atoms with van der Waals surface area (Å²) < 4.78 is 0. The predicted octanol–water partition coefficient (Wildman–Crippen LogP) is 8.97. The summed E-state index contributed by atoms with van der Waals surface area (Å²) in [5.41, 5.74) is 8.17. The van der Waals surface area contributed by atoms with Crippen LogP contribution >= 0.6 is 35.0 Å². The molecular formula is C29H22Cl2N2S. The minimum absolute atomic E-state index is 0.00704. The van der Waals surface area contributed by atoms with E-state index in [-0.39, 0.29) is 6.04 Å². The molecule has 6 rings (SSSR count). The van der Waals surface area contributed by atoms with E-state index in [0.29, 0.717) is 0 Å². The fourth-order valence-corrected chi connectivity index (χ4v) is 6.35. The van der Waals surface area contributed by atoms with Gasteiger partial charge in [0.1, 0.15) is 0 Å². The van der Waals surface area contributed by atoms with E-state index in [2.05, 4.69) is 64.9 Å². The maximum Gasteiger partial charge on any atom is 0.174 e. The molecule has 3 aliphatic rings. The second kappa shape index (κ2) is 9.14. The molecule has 0 bridgehead atoms. The Morgan fingerprint density at radius 1 is 0.853 bits per heavy atom. The first kappa shape index (κ1) is 21.8. The number of nitrogens with zero attached hydrogens (tertiary/aromatic N) is 2. The number of thioether (sulfide) groups is 1. The lowest BCUT2D eigenvalue weighted by Gasteiger charge is -2.40. The SMILES string of the molecule is Clc1ccccc1C=C1CCCC2=C1N=C1SC=C(c3ccccc3)N1C2c1ccccc1Cl. The Kier molecular flexibility index (Phi) is 5.86. The van der Waals surface area contributed by atoms with Gasteiger partial charge in [-0.05, 0) is 65.3 Å². The van der Waals surface area contributed by atoms with Crippen molar-refractivity contribution in [2.24, 2.45) is 4.99 Å². The van der Waals surface area contributed by atoms with Crippen LogP contribution in [0.5, 0.6) is 0 Å². The highest BCUT2D eigenvalue weighted by molar-refractivity contribution is 8.16. The molecule has 34 heavy (non-hydrogen) atoms. The Hall–Kier alpha value is -2.72. The molecule has 5 heteroatoms. The average Bonchev–Trinajstić information content (AvgIpc) is 3.29. The number of fused-ring (bicyclic) bond motifs is 1. The van der Waals surface area contributed by atoms with Crippen molar-refractivity contribution < 1.29 is 0 Å². The fourth-order valence-electron chi connectivity index (χ4n) is 4.99. The van der Waals surface area contributed by atoms with Gasteiger partial charge in [-0.3, -0.25) is 0 Å². The second-order valence-corrected chi connectivity index (χ2v) is 10.2. The van der Waals surface area contributed by atoms with E-state index in [1.807, 2.05) is 30.3 Å². The molecule has 0 saturated heterocycles. The second-order valence-electron chi connectivity index (χ2n) is 8.59. The standard InChI is InChI=1S/C29H22Cl2N2S/c30-24-15-6-4-11-20(24)17-21-12-8-14-23-27(21)32-29-33(28(23)22-13-5-7-16-25(22)31)26(18-34-29)19-9-2-1-3-10-19/h1-7,9-11,13,15-18,28H,8,12,14H2. The monoisotopic (exact) mass is 500 g/mol. The van der Waals surface area contributed by atoms with Gasteiger partial charge in [0, 0.05) is 15.5 Å². The molecule has 0 radical (unpaired) electrons. The number of hydrogen-bond donors (Lipinski definition) is 0. The number of rotatable bonds is 3. The van der Waals surface area contributed by atoms with E-state index in [4.69, 9.17) is 28.2 Å². The number of halogens is 2. The lowest BCUT2D eigenvalue weighted by atomic mass is 9.82. The van der Waals surface area contributed by atoms with Crippen LogP contribution in [0.25, 0.3) is 11.8 Å². The molecular weight excluding hydrogens is 479 g/mol. The average molecular weight is 501 g/mol. The van der Waals surface area contributed by atoms with Crippen LogP contribution in [0.15, 0.2) is 106 Å². The molecule has 3 aromatic carbocycles. The number of hydrogen-bond acceptors (Lipinski definition) is 3. The topological polar surface area (TPSA) is 15.6 Å². The van der Waals surface area contributed by atoms with Crippen molar-refractivity contribution in [1.29, 1.82) is 0 Å². The number of amidine groups is 1. The molecule has 2 aliphatic heterocycles. The molecule has 168 valence electrons. The first-order valence-electron chi connectivity index (χ1n) is 11.4. The van der Waals surface area contributed by atoms with Crippen molar-refractivity contribution in [2.75, 3.05) is 0 Å².